The molecule has 0 aromatic heterocycles. The van der Waals surface area contributed by atoms with Gasteiger partial charge in [0.15, 0.2) is 11.5 Å². The molecule has 3 aromatic rings. The molecule has 0 aliphatic rings. The summed E-state index contributed by atoms with van der Waals surface area (Å²) in [5, 5.41) is 2.71. The molecule has 0 atom stereocenters. The number of carbonyl (C=O) groups excluding carboxylic acids is 1. The van der Waals surface area contributed by atoms with Crippen LogP contribution >= 0.6 is 0 Å². The summed E-state index contributed by atoms with van der Waals surface area (Å²) >= 11 is 0. The van der Waals surface area contributed by atoms with Gasteiger partial charge in [-0.15, -0.1) is 0 Å². The van der Waals surface area contributed by atoms with Gasteiger partial charge in [-0.1, -0.05) is 24.3 Å². The van der Waals surface area contributed by atoms with Gasteiger partial charge >= 0.3 is 0 Å². The van der Waals surface area contributed by atoms with Crippen LogP contribution in [-0.2, 0) is 28.0 Å². The van der Waals surface area contributed by atoms with Gasteiger partial charge in [-0.3, -0.25) is 4.79 Å². The Balaban J connectivity index is 1.51. The van der Waals surface area contributed by atoms with E-state index in [1.54, 1.807) is 36.4 Å². The lowest BCUT2D eigenvalue weighted by Crippen LogP contribution is -2.38. The van der Waals surface area contributed by atoms with Gasteiger partial charge in [-0.2, -0.15) is 4.31 Å². The third-order valence-electron chi connectivity index (χ3n) is 5.16. The van der Waals surface area contributed by atoms with Crippen molar-refractivity contribution in [1.29, 1.82) is 0 Å². The second-order valence-corrected chi connectivity index (χ2v) is 9.66. The molecule has 0 heterocycles. The van der Waals surface area contributed by atoms with Gasteiger partial charge in [0.2, 0.25) is 15.9 Å². The van der Waals surface area contributed by atoms with Crippen LogP contribution in [0.5, 0.6) is 17.2 Å². The van der Waals surface area contributed by atoms with Crippen LogP contribution in [0, 0.1) is 5.82 Å². The normalized spacial score (nSPS) is 11.2. The molecule has 3 aromatic carbocycles. The summed E-state index contributed by atoms with van der Waals surface area (Å²) in [5.74, 6) is 0.554. The van der Waals surface area contributed by atoms with E-state index >= 15 is 0 Å². The number of rotatable bonds is 11. The standard InChI is InChI=1S/C25H27FN2O6S/c1-28(35(30,31)22-12-13-23(32-2)24(14-22)33-3)16-25(29)27-15-18-6-10-21(11-7-18)34-17-19-4-8-20(26)9-5-19/h4-14H,15-17H2,1-3H3,(H,27,29). The van der Waals surface area contributed by atoms with Crippen molar-refractivity contribution < 1.29 is 31.8 Å². The summed E-state index contributed by atoms with van der Waals surface area (Å²) in [5.41, 5.74) is 1.66. The highest BCUT2D eigenvalue weighted by molar-refractivity contribution is 7.89. The number of ether oxygens (including phenoxy) is 3. The molecule has 10 heteroatoms. The molecule has 0 saturated heterocycles. The van der Waals surface area contributed by atoms with Crippen molar-refractivity contribution in [2.75, 3.05) is 27.8 Å². The fourth-order valence-corrected chi connectivity index (χ4v) is 4.29. The Morgan fingerprint density at radius 3 is 2.17 bits per heavy atom. The molecule has 35 heavy (non-hydrogen) atoms. The van der Waals surface area contributed by atoms with Gasteiger partial charge in [-0.05, 0) is 47.5 Å². The third kappa shape index (κ3) is 6.93. The topological polar surface area (TPSA) is 94.2 Å². The van der Waals surface area contributed by atoms with Crippen molar-refractivity contribution in [1.82, 2.24) is 9.62 Å². The Kier molecular flexibility index (Phi) is 8.67. The molecule has 186 valence electrons. The number of halogens is 1. The van der Waals surface area contributed by atoms with Crippen LogP contribution < -0.4 is 19.5 Å². The Morgan fingerprint density at radius 1 is 0.914 bits per heavy atom. The van der Waals surface area contributed by atoms with E-state index in [-0.39, 0.29) is 29.6 Å². The van der Waals surface area contributed by atoms with Crippen LogP contribution in [0.15, 0.2) is 71.6 Å². The predicted molar refractivity (Wildman–Crippen MR) is 128 cm³/mol. The molecule has 0 saturated carbocycles. The molecule has 3 rings (SSSR count). The van der Waals surface area contributed by atoms with Crippen molar-refractivity contribution in [3.63, 3.8) is 0 Å². The van der Waals surface area contributed by atoms with Crippen molar-refractivity contribution in [2.45, 2.75) is 18.0 Å². The van der Waals surface area contributed by atoms with E-state index in [9.17, 15) is 17.6 Å². The highest BCUT2D eigenvalue weighted by Gasteiger charge is 2.24. The second kappa shape index (κ2) is 11.7. The van der Waals surface area contributed by atoms with Gasteiger partial charge in [0.1, 0.15) is 18.2 Å². The maximum Gasteiger partial charge on any atom is 0.243 e. The maximum absolute atomic E-state index is 13.0. The lowest BCUT2D eigenvalue weighted by atomic mass is 10.2. The Labute approximate surface area is 204 Å². The largest absolute Gasteiger partial charge is 0.493 e. The van der Waals surface area contributed by atoms with E-state index in [0.29, 0.717) is 18.1 Å². The zero-order valence-electron chi connectivity index (χ0n) is 19.7. The number of likely N-dealkylation sites (N-methyl/N-ethyl adjacent to an activating group) is 1. The molecule has 0 spiro atoms. The Morgan fingerprint density at radius 2 is 1.54 bits per heavy atom. The number of benzene rings is 3. The molecular weight excluding hydrogens is 475 g/mol. The van der Waals surface area contributed by atoms with Crippen molar-refractivity contribution in [3.8, 4) is 17.2 Å². The first kappa shape index (κ1) is 26.0. The minimum absolute atomic E-state index is 0.0123. The molecular formula is C25H27FN2O6S. The minimum Gasteiger partial charge on any atom is -0.493 e. The van der Waals surface area contributed by atoms with E-state index < -0.39 is 15.9 Å². The number of sulfonamides is 1. The van der Waals surface area contributed by atoms with Gasteiger partial charge in [-0.25, -0.2) is 12.8 Å². The van der Waals surface area contributed by atoms with Crippen LogP contribution in [0.4, 0.5) is 4.39 Å². The first-order valence-corrected chi connectivity index (χ1v) is 12.1. The maximum atomic E-state index is 13.0. The lowest BCUT2D eigenvalue weighted by Gasteiger charge is -2.18. The Hall–Kier alpha value is -3.63. The number of methoxy groups -OCH3 is 2. The monoisotopic (exact) mass is 502 g/mol. The van der Waals surface area contributed by atoms with Crippen LogP contribution in [-0.4, -0.2) is 46.4 Å². The number of nitrogens with zero attached hydrogens (tertiary/aromatic N) is 1. The van der Waals surface area contributed by atoms with E-state index in [4.69, 9.17) is 14.2 Å². The molecule has 0 aliphatic carbocycles. The molecule has 0 fully saturated rings. The van der Waals surface area contributed by atoms with E-state index in [2.05, 4.69) is 5.32 Å². The van der Waals surface area contributed by atoms with Crippen molar-refractivity contribution in [2.24, 2.45) is 0 Å². The number of hydrogen-bond donors (Lipinski definition) is 1. The summed E-state index contributed by atoms with van der Waals surface area (Å²) < 4.78 is 55.6. The van der Waals surface area contributed by atoms with E-state index in [0.717, 1.165) is 15.4 Å². The molecule has 1 N–H and O–H groups in total. The highest BCUT2D eigenvalue weighted by atomic mass is 32.2. The van der Waals surface area contributed by atoms with E-state index in [1.807, 2.05) is 0 Å². The molecule has 1 amide bonds. The molecule has 8 nitrogen and oxygen atoms in total. The van der Waals surface area contributed by atoms with Gasteiger partial charge < -0.3 is 19.5 Å². The second-order valence-electron chi connectivity index (χ2n) is 7.61. The average molecular weight is 503 g/mol. The first-order valence-electron chi connectivity index (χ1n) is 10.6. The minimum atomic E-state index is -3.91. The SMILES string of the molecule is COc1ccc(S(=O)(=O)N(C)CC(=O)NCc2ccc(OCc3ccc(F)cc3)cc2)cc1OC. The zero-order valence-corrected chi connectivity index (χ0v) is 20.5. The lowest BCUT2D eigenvalue weighted by molar-refractivity contribution is -0.121. The number of nitrogens with one attached hydrogen (secondary N) is 1. The predicted octanol–water partition coefficient (Wildman–Crippen LogP) is 3.36. The quantitative estimate of drug-likeness (QED) is 0.432. The zero-order chi connectivity index (χ0) is 25.4. The molecule has 0 radical (unpaired) electrons. The summed E-state index contributed by atoms with van der Waals surface area (Å²) in [6.45, 7) is 0.175. The van der Waals surface area contributed by atoms with Gasteiger partial charge in [0, 0.05) is 19.7 Å². The summed E-state index contributed by atoms with van der Waals surface area (Å²) in [7, 11) is 0.288. The third-order valence-corrected chi connectivity index (χ3v) is 6.96. The van der Waals surface area contributed by atoms with Crippen molar-refractivity contribution in [3.05, 3.63) is 83.7 Å². The summed E-state index contributed by atoms with van der Waals surface area (Å²) in [6, 6.07) is 17.4. The van der Waals surface area contributed by atoms with Crippen LogP contribution in [0.1, 0.15) is 11.1 Å². The first-order chi connectivity index (χ1) is 16.7. The Bertz CT molecular complexity index is 1250. The number of carbonyl (C=O) groups is 1. The van der Waals surface area contributed by atoms with Crippen molar-refractivity contribution >= 4 is 15.9 Å². The van der Waals surface area contributed by atoms with Crippen LogP contribution in [0.2, 0.25) is 0 Å². The fourth-order valence-electron chi connectivity index (χ4n) is 3.15. The van der Waals surface area contributed by atoms with E-state index in [1.165, 1.54) is 51.6 Å². The summed E-state index contributed by atoms with van der Waals surface area (Å²) in [6.07, 6.45) is 0. The molecule has 0 bridgehead atoms. The highest BCUT2D eigenvalue weighted by Crippen LogP contribution is 2.30. The average Bonchev–Trinajstić information content (AvgIpc) is 2.87. The van der Waals surface area contributed by atoms with Gasteiger partial charge in [0.25, 0.3) is 0 Å². The number of hydrogen-bond acceptors (Lipinski definition) is 6. The summed E-state index contributed by atoms with van der Waals surface area (Å²) in [4.78, 5) is 12.4. The van der Waals surface area contributed by atoms with Crippen LogP contribution in [0.3, 0.4) is 0 Å². The van der Waals surface area contributed by atoms with Gasteiger partial charge in [0.05, 0.1) is 25.7 Å². The van der Waals surface area contributed by atoms with Crippen LogP contribution in [0.25, 0.3) is 0 Å². The molecule has 0 aliphatic heterocycles. The fraction of sp³-hybridized carbons (Fsp3) is 0.240. The smallest absolute Gasteiger partial charge is 0.243 e. The number of amides is 1. The molecule has 0 unspecified atom stereocenters.